The summed E-state index contributed by atoms with van der Waals surface area (Å²) in [6.07, 6.45) is 27.0. The van der Waals surface area contributed by atoms with Crippen LogP contribution in [0, 0.1) is 40.4 Å². The Kier molecular flexibility index (Phi) is 9.45. The number of halogens is 1. The molecular weight excluding hydrogens is 515 g/mol. The van der Waals surface area contributed by atoms with E-state index in [1.54, 1.807) is 0 Å². The van der Waals surface area contributed by atoms with E-state index in [9.17, 15) is 4.79 Å². The first-order valence-corrected chi connectivity index (χ1v) is 15.9. The van der Waals surface area contributed by atoms with Crippen molar-refractivity contribution in [2.75, 3.05) is 4.43 Å². The van der Waals surface area contributed by atoms with Gasteiger partial charge in [0.2, 0.25) is 0 Å². The SMILES string of the molecule is C[C@]12CCC(=O)C=C1CC[C@H]1[C@@H]3CCC[C@@]3(CC#CCCCCCCCCCCI)CC[C@@H]12. The summed E-state index contributed by atoms with van der Waals surface area (Å²) in [5, 5.41) is 0. The van der Waals surface area contributed by atoms with Gasteiger partial charge < -0.3 is 0 Å². The second-order valence-corrected chi connectivity index (χ2v) is 13.1. The summed E-state index contributed by atoms with van der Waals surface area (Å²) in [5.41, 5.74) is 2.34. The van der Waals surface area contributed by atoms with Gasteiger partial charge >= 0.3 is 0 Å². The lowest BCUT2D eigenvalue weighted by atomic mass is 9.47. The van der Waals surface area contributed by atoms with Crippen LogP contribution in [-0.2, 0) is 4.79 Å². The molecule has 0 saturated heterocycles. The number of hydrogen-bond acceptors (Lipinski definition) is 1. The van der Waals surface area contributed by atoms with Crippen LogP contribution in [0.15, 0.2) is 11.6 Å². The quantitative estimate of drug-likeness (QED) is 0.112. The molecule has 33 heavy (non-hydrogen) atoms. The van der Waals surface area contributed by atoms with Crippen molar-refractivity contribution < 1.29 is 4.79 Å². The molecule has 0 aromatic heterocycles. The zero-order valence-corrected chi connectivity index (χ0v) is 23.4. The number of unbranched alkanes of at least 4 members (excludes halogenated alkanes) is 8. The summed E-state index contributed by atoms with van der Waals surface area (Å²) >= 11 is 2.49. The molecule has 4 rings (SSSR count). The van der Waals surface area contributed by atoms with Crippen molar-refractivity contribution in [3.63, 3.8) is 0 Å². The Morgan fingerprint density at radius 1 is 0.879 bits per heavy atom. The first kappa shape index (κ1) is 25.8. The predicted octanol–water partition coefficient (Wildman–Crippen LogP) is 9.23. The maximum Gasteiger partial charge on any atom is 0.155 e. The van der Waals surface area contributed by atoms with Crippen LogP contribution in [0.3, 0.4) is 0 Å². The number of alkyl halides is 1. The summed E-state index contributed by atoms with van der Waals surface area (Å²) in [4.78, 5) is 12.1. The Morgan fingerprint density at radius 3 is 2.42 bits per heavy atom. The molecule has 0 spiro atoms. The van der Waals surface area contributed by atoms with Crippen molar-refractivity contribution in [2.24, 2.45) is 28.6 Å². The van der Waals surface area contributed by atoms with Crippen molar-refractivity contribution in [1.82, 2.24) is 0 Å². The van der Waals surface area contributed by atoms with Gasteiger partial charge in [-0.3, -0.25) is 4.79 Å². The van der Waals surface area contributed by atoms with E-state index in [4.69, 9.17) is 0 Å². The fourth-order valence-electron chi connectivity index (χ4n) is 8.36. The van der Waals surface area contributed by atoms with Crippen molar-refractivity contribution >= 4 is 28.4 Å². The monoisotopic (exact) mass is 562 g/mol. The Hall–Kier alpha value is -0.300. The van der Waals surface area contributed by atoms with Crippen LogP contribution in [-0.4, -0.2) is 10.2 Å². The molecule has 0 heterocycles. The van der Waals surface area contributed by atoms with Gasteiger partial charge in [0, 0.05) is 19.3 Å². The fourth-order valence-corrected chi connectivity index (χ4v) is 8.90. The molecule has 1 nitrogen and oxygen atoms in total. The molecule has 0 aromatic rings. The molecule has 2 heteroatoms. The van der Waals surface area contributed by atoms with E-state index < -0.39 is 0 Å². The van der Waals surface area contributed by atoms with E-state index >= 15 is 0 Å². The molecule has 0 aliphatic heterocycles. The smallest absolute Gasteiger partial charge is 0.155 e. The number of carbonyl (C=O) groups excluding carboxylic acids is 1. The third kappa shape index (κ3) is 5.92. The minimum absolute atomic E-state index is 0.312. The zero-order valence-electron chi connectivity index (χ0n) is 21.2. The van der Waals surface area contributed by atoms with Crippen LogP contribution < -0.4 is 0 Å². The molecule has 4 aliphatic rings. The van der Waals surface area contributed by atoms with Gasteiger partial charge in [-0.05, 0) is 96.9 Å². The molecule has 184 valence electrons. The Labute approximate surface area is 217 Å². The number of fused-ring (bicyclic) bond motifs is 5. The lowest BCUT2D eigenvalue weighted by Gasteiger charge is -2.57. The molecule has 3 fully saturated rings. The summed E-state index contributed by atoms with van der Waals surface area (Å²) in [5.74, 6) is 10.3. The number of hydrogen-bond donors (Lipinski definition) is 0. The van der Waals surface area contributed by atoms with Crippen LogP contribution >= 0.6 is 22.6 Å². The molecule has 0 radical (unpaired) electrons. The van der Waals surface area contributed by atoms with Crippen molar-refractivity contribution in [2.45, 2.75) is 129 Å². The van der Waals surface area contributed by atoms with Gasteiger partial charge in [0.05, 0.1) is 0 Å². The fraction of sp³-hybridized carbons (Fsp3) is 0.839. The van der Waals surface area contributed by atoms with Crippen molar-refractivity contribution in [3.8, 4) is 11.8 Å². The largest absolute Gasteiger partial charge is 0.295 e. The number of rotatable bonds is 10. The van der Waals surface area contributed by atoms with E-state index in [0.29, 0.717) is 16.6 Å². The highest BCUT2D eigenvalue weighted by atomic mass is 127. The maximum absolute atomic E-state index is 12.1. The first-order chi connectivity index (χ1) is 16.1. The van der Waals surface area contributed by atoms with Crippen LogP contribution in [0.25, 0.3) is 0 Å². The molecule has 0 amide bonds. The van der Waals surface area contributed by atoms with E-state index in [-0.39, 0.29) is 0 Å². The van der Waals surface area contributed by atoms with Gasteiger partial charge in [-0.25, -0.2) is 0 Å². The first-order valence-electron chi connectivity index (χ1n) is 14.3. The van der Waals surface area contributed by atoms with Crippen LogP contribution in [0.2, 0.25) is 0 Å². The second kappa shape index (κ2) is 12.1. The van der Waals surface area contributed by atoms with Crippen LogP contribution in [0.4, 0.5) is 0 Å². The zero-order chi connectivity index (χ0) is 23.2. The molecule has 3 saturated carbocycles. The van der Waals surface area contributed by atoms with Gasteiger partial charge in [0.1, 0.15) is 0 Å². The van der Waals surface area contributed by atoms with E-state index in [2.05, 4.69) is 41.4 Å². The van der Waals surface area contributed by atoms with Gasteiger partial charge in [-0.15, -0.1) is 11.8 Å². The average molecular weight is 563 g/mol. The number of allylic oxidation sites excluding steroid dienone is 1. The van der Waals surface area contributed by atoms with Gasteiger partial charge in [0.15, 0.2) is 5.78 Å². The van der Waals surface area contributed by atoms with E-state index in [1.807, 2.05) is 6.08 Å². The van der Waals surface area contributed by atoms with Gasteiger partial charge in [-0.2, -0.15) is 0 Å². The molecular formula is C31H47IO. The number of ketones is 1. The molecule has 0 unspecified atom stereocenters. The molecule has 0 bridgehead atoms. The Morgan fingerprint density at radius 2 is 1.64 bits per heavy atom. The minimum atomic E-state index is 0.312. The Balaban J connectivity index is 1.24. The molecule has 0 N–H and O–H groups in total. The third-order valence-corrected chi connectivity index (χ3v) is 11.0. The second-order valence-electron chi connectivity index (χ2n) is 12.1. The lowest BCUT2D eigenvalue weighted by molar-refractivity contribution is -0.117. The van der Waals surface area contributed by atoms with Crippen molar-refractivity contribution in [1.29, 1.82) is 0 Å². The summed E-state index contributed by atoms with van der Waals surface area (Å²) in [6.45, 7) is 2.51. The highest BCUT2D eigenvalue weighted by Gasteiger charge is 2.57. The molecule has 5 atom stereocenters. The lowest BCUT2D eigenvalue weighted by Crippen LogP contribution is -2.50. The van der Waals surface area contributed by atoms with Crippen LogP contribution in [0.5, 0.6) is 0 Å². The average Bonchev–Trinajstić information content (AvgIpc) is 3.25. The number of carbonyl (C=O) groups is 1. The standard InChI is InChI=1S/C31H47IO/c1-30-21-17-26(33)24-25(30)15-16-27-28(30)18-22-31(20-13-14-29(27)31)19-11-9-7-5-3-2-4-6-8-10-12-23-32/h24,27-29H,2-8,10,12-23H2,1H3/t27-,28+,29+,30+,31+/m1/s1. The molecule has 0 aromatic carbocycles. The summed E-state index contributed by atoms with van der Waals surface area (Å²) < 4.78 is 1.32. The Bertz CT molecular complexity index is 757. The van der Waals surface area contributed by atoms with Gasteiger partial charge in [-0.1, -0.05) is 80.0 Å². The highest BCUT2D eigenvalue weighted by Crippen LogP contribution is 2.66. The normalized spacial score (nSPS) is 35.2. The maximum atomic E-state index is 12.1. The van der Waals surface area contributed by atoms with E-state index in [1.165, 1.54) is 106 Å². The van der Waals surface area contributed by atoms with Crippen molar-refractivity contribution in [3.05, 3.63) is 11.6 Å². The predicted molar refractivity (Wildman–Crippen MR) is 148 cm³/mol. The van der Waals surface area contributed by atoms with Gasteiger partial charge in [0.25, 0.3) is 0 Å². The molecule has 4 aliphatic carbocycles. The third-order valence-electron chi connectivity index (χ3n) is 10.2. The topological polar surface area (TPSA) is 17.1 Å². The summed E-state index contributed by atoms with van der Waals surface area (Å²) in [7, 11) is 0. The minimum Gasteiger partial charge on any atom is -0.295 e. The summed E-state index contributed by atoms with van der Waals surface area (Å²) in [6, 6.07) is 0. The highest BCUT2D eigenvalue weighted by molar-refractivity contribution is 14.1. The van der Waals surface area contributed by atoms with Crippen LogP contribution in [0.1, 0.15) is 129 Å². The van der Waals surface area contributed by atoms with E-state index in [0.717, 1.165) is 43.4 Å².